The number of hydrogen-bond donors (Lipinski definition) is 2. The van der Waals surface area contributed by atoms with Gasteiger partial charge in [0.05, 0.1) is 24.2 Å². The Balaban J connectivity index is 1.64. The fourth-order valence-electron chi connectivity index (χ4n) is 3.73. The predicted octanol–water partition coefficient (Wildman–Crippen LogP) is 2.89. The summed E-state index contributed by atoms with van der Waals surface area (Å²) in [6.45, 7) is 6.69. The molecule has 0 atom stereocenters. The monoisotopic (exact) mass is 464 g/mol. The molecule has 8 heteroatoms. The number of benzene rings is 3. The lowest BCUT2D eigenvalue weighted by atomic mass is 10.1. The number of sulfonamides is 1. The van der Waals surface area contributed by atoms with Crippen molar-refractivity contribution in [2.75, 3.05) is 18.4 Å². The Morgan fingerprint density at radius 1 is 0.970 bits per heavy atom. The molecule has 1 aliphatic heterocycles. The third kappa shape index (κ3) is 4.97. The van der Waals surface area contributed by atoms with E-state index in [0.717, 1.165) is 18.7 Å². The second-order valence-corrected chi connectivity index (χ2v) is 9.32. The summed E-state index contributed by atoms with van der Waals surface area (Å²) in [5, 5.41) is 3.14. The van der Waals surface area contributed by atoms with Crippen molar-refractivity contribution in [2.45, 2.75) is 25.3 Å². The van der Waals surface area contributed by atoms with Crippen LogP contribution in [-0.4, -0.2) is 33.3 Å². The minimum Gasteiger partial charge on any atom is -0.422 e. The Labute approximate surface area is 193 Å². The summed E-state index contributed by atoms with van der Waals surface area (Å²) in [7, 11) is -3.71. The summed E-state index contributed by atoms with van der Waals surface area (Å²) >= 11 is 0. The largest absolute Gasteiger partial charge is 0.422 e. The maximum absolute atomic E-state index is 12.6. The Bertz CT molecular complexity index is 1300. The van der Waals surface area contributed by atoms with Crippen LogP contribution in [0.15, 0.2) is 82.1 Å². The van der Waals surface area contributed by atoms with E-state index in [-0.39, 0.29) is 10.7 Å². The number of ether oxygens (including phenoxy) is 1. The Hall–Kier alpha value is -3.49. The van der Waals surface area contributed by atoms with Crippen molar-refractivity contribution < 1.29 is 22.8 Å². The van der Waals surface area contributed by atoms with E-state index in [4.69, 9.17) is 4.74 Å². The van der Waals surface area contributed by atoms with E-state index in [1.54, 1.807) is 60.7 Å². The molecule has 0 saturated heterocycles. The van der Waals surface area contributed by atoms with Crippen LogP contribution in [0.25, 0.3) is 0 Å². The van der Waals surface area contributed by atoms with Crippen LogP contribution in [0.3, 0.4) is 0 Å². The first-order valence-corrected chi connectivity index (χ1v) is 12.3. The molecular formula is C25H26N3O4S+. The summed E-state index contributed by atoms with van der Waals surface area (Å²) in [5.41, 5.74) is 2.52. The van der Waals surface area contributed by atoms with Gasteiger partial charge in [-0.3, -0.25) is 0 Å². The number of rotatable bonds is 7. The molecule has 1 heterocycles. The van der Waals surface area contributed by atoms with Gasteiger partial charge in [-0.2, -0.15) is 8.42 Å². The van der Waals surface area contributed by atoms with E-state index in [2.05, 4.69) is 23.6 Å². The average molecular weight is 465 g/mol. The van der Waals surface area contributed by atoms with Gasteiger partial charge in [-0.05, 0) is 56.3 Å². The van der Waals surface area contributed by atoms with Crippen LogP contribution in [0.2, 0.25) is 0 Å². The molecule has 33 heavy (non-hydrogen) atoms. The highest BCUT2D eigenvalue weighted by atomic mass is 32.2. The highest BCUT2D eigenvalue weighted by Gasteiger charge is 2.28. The maximum atomic E-state index is 12.6. The van der Waals surface area contributed by atoms with E-state index in [0.29, 0.717) is 29.1 Å². The lowest BCUT2D eigenvalue weighted by Gasteiger charge is -2.18. The molecule has 0 aromatic heterocycles. The molecule has 2 N–H and O–H groups in total. The molecule has 0 aliphatic carbocycles. The second-order valence-electron chi connectivity index (χ2n) is 7.75. The number of carbonyl (C=O) groups excluding carboxylic acids is 1. The Morgan fingerprint density at radius 2 is 1.67 bits per heavy atom. The predicted molar refractivity (Wildman–Crippen MR) is 127 cm³/mol. The zero-order valence-electron chi connectivity index (χ0n) is 18.5. The number of anilines is 1. The van der Waals surface area contributed by atoms with Crippen LogP contribution in [0.1, 0.15) is 35.3 Å². The number of hydrogen-bond acceptors (Lipinski definition) is 5. The second kappa shape index (κ2) is 9.56. The molecule has 0 amide bonds. The molecule has 4 rings (SSSR count). The number of nitrogens with zero attached hydrogens (tertiary/aromatic N) is 1. The molecular weight excluding hydrogens is 438 g/mol. The van der Waals surface area contributed by atoms with E-state index >= 15 is 0 Å². The molecule has 0 saturated carbocycles. The molecule has 0 fully saturated rings. The molecule has 0 radical (unpaired) electrons. The van der Waals surface area contributed by atoms with Crippen molar-refractivity contribution in [3.8, 4) is 5.75 Å². The number of esters is 1. The third-order valence-corrected chi connectivity index (χ3v) is 6.94. The van der Waals surface area contributed by atoms with Gasteiger partial charge in [0.2, 0.25) is 0 Å². The number of carbonyl (C=O) groups is 1. The van der Waals surface area contributed by atoms with Gasteiger partial charge in [0.25, 0.3) is 10.0 Å². The van der Waals surface area contributed by atoms with Gasteiger partial charge in [0.1, 0.15) is 17.2 Å². The molecule has 0 unspecified atom stereocenters. The Kier molecular flexibility index (Phi) is 6.57. The van der Waals surface area contributed by atoms with Crippen molar-refractivity contribution in [1.29, 1.82) is 0 Å². The fourth-order valence-corrected chi connectivity index (χ4v) is 4.91. The van der Waals surface area contributed by atoms with Gasteiger partial charge in [-0.1, -0.05) is 30.3 Å². The van der Waals surface area contributed by atoms with E-state index in [1.165, 1.54) is 4.90 Å². The lowest BCUT2D eigenvalue weighted by Crippen LogP contribution is -3.10. The molecule has 0 bridgehead atoms. The van der Waals surface area contributed by atoms with Crippen LogP contribution in [0.4, 0.5) is 5.69 Å². The van der Waals surface area contributed by atoms with Gasteiger partial charge >= 0.3 is 5.97 Å². The standard InChI is InChI=1S/C25H25N3O4S/c1-3-28(4-2)17-19-16-20(14-15-22(19)32-25(29)18-10-6-5-7-11-18)26-24-21-12-8-9-13-23(21)33(30,31)27-24/h5-16H,3-4,17H2,1-2H3,(H,26,27)/p+1. The number of fused-ring (bicyclic) bond motifs is 1. The average Bonchev–Trinajstić information content (AvgIpc) is 3.09. The smallest absolute Gasteiger partial charge is 0.343 e. The van der Waals surface area contributed by atoms with E-state index in [9.17, 15) is 13.2 Å². The molecule has 3 aromatic rings. The van der Waals surface area contributed by atoms with Crippen molar-refractivity contribution >= 4 is 27.5 Å². The first-order chi connectivity index (χ1) is 15.9. The third-order valence-electron chi connectivity index (χ3n) is 5.61. The first-order valence-electron chi connectivity index (χ1n) is 10.9. The van der Waals surface area contributed by atoms with Crippen LogP contribution in [0, 0.1) is 0 Å². The molecule has 0 spiro atoms. The van der Waals surface area contributed by atoms with Gasteiger partial charge in [0.15, 0.2) is 5.84 Å². The zero-order chi connectivity index (χ0) is 23.4. The number of quaternary nitrogens is 1. The van der Waals surface area contributed by atoms with Gasteiger partial charge < -0.3 is 15.0 Å². The molecule has 1 aliphatic rings. The van der Waals surface area contributed by atoms with Crippen LogP contribution in [0.5, 0.6) is 5.75 Å². The minimum absolute atomic E-state index is 0.189. The SMILES string of the molecule is CC[NH+](CC)Cc1cc(NC2=NS(=O)(=O)c3ccccc32)ccc1OC(=O)c1ccccc1. The lowest BCUT2D eigenvalue weighted by molar-refractivity contribution is -0.910. The van der Waals surface area contributed by atoms with Crippen molar-refractivity contribution in [2.24, 2.45) is 4.40 Å². The zero-order valence-corrected chi connectivity index (χ0v) is 19.4. The summed E-state index contributed by atoms with van der Waals surface area (Å²) in [6, 6.07) is 20.9. The highest BCUT2D eigenvalue weighted by molar-refractivity contribution is 7.90. The summed E-state index contributed by atoms with van der Waals surface area (Å²) in [4.78, 5) is 14.1. The van der Waals surface area contributed by atoms with Crippen LogP contribution >= 0.6 is 0 Å². The van der Waals surface area contributed by atoms with Crippen LogP contribution < -0.4 is 15.0 Å². The summed E-state index contributed by atoms with van der Waals surface area (Å²) < 4.78 is 34.4. The number of amidine groups is 1. The number of nitrogens with one attached hydrogen (secondary N) is 2. The molecule has 3 aromatic carbocycles. The van der Waals surface area contributed by atoms with E-state index in [1.807, 2.05) is 12.1 Å². The highest BCUT2D eigenvalue weighted by Crippen LogP contribution is 2.28. The van der Waals surface area contributed by atoms with Gasteiger partial charge in [0, 0.05) is 11.3 Å². The fraction of sp³-hybridized carbons (Fsp3) is 0.200. The Morgan fingerprint density at radius 3 is 2.39 bits per heavy atom. The first kappa shape index (κ1) is 22.7. The van der Waals surface area contributed by atoms with Gasteiger partial charge in [-0.25, -0.2) is 4.79 Å². The van der Waals surface area contributed by atoms with Crippen molar-refractivity contribution in [3.63, 3.8) is 0 Å². The van der Waals surface area contributed by atoms with Crippen molar-refractivity contribution in [1.82, 2.24) is 0 Å². The van der Waals surface area contributed by atoms with E-state index < -0.39 is 16.0 Å². The topological polar surface area (TPSA) is 89.3 Å². The summed E-state index contributed by atoms with van der Waals surface area (Å²) in [5.74, 6) is 0.336. The quantitative estimate of drug-likeness (QED) is 0.415. The minimum atomic E-state index is -3.71. The normalized spacial score (nSPS) is 14.0. The van der Waals surface area contributed by atoms with Gasteiger partial charge in [-0.15, -0.1) is 4.40 Å². The molecule has 170 valence electrons. The van der Waals surface area contributed by atoms with Crippen molar-refractivity contribution in [3.05, 3.63) is 89.5 Å². The molecule has 7 nitrogen and oxygen atoms in total. The summed E-state index contributed by atoms with van der Waals surface area (Å²) in [6.07, 6.45) is 0. The maximum Gasteiger partial charge on any atom is 0.343 e. The van der Waals surface area contributed by atoms with Crippen LogP contribution in [-0.2, 0) is 16.6 Å².